The van der Waals surface area contributed by atoms with Crippen molar-refractivity contribution in [3.8, 4) is 34.3 Å². The summed E-state index contributed by atoms with van der Waals surface area (Å²) in [4.78, 5) is 95.6. The van der Waals surface area contributed by atoms with Crippen LogP contribution in [0, 0.1) is 5.92 Å². The Kier molecular flexibility index (Phi) is 21.7. The number of likely N-dealkylation sites (tertiary alicyclic amines) is 2. The van der Waals surface area contributed by atoms with E-state index in [4.69, 9.17) is 19.0 Å². The smallest absolute Gasteiger partial charge is 0.289 e. The molecule has 4 fully saturated rings. The van der Waals surface area contributed by atoms with E-state index < -0.39 is 59.4 Å². The molecule has 6 atom stereocenters. The van der Waals surface area contributed by atoms with E-state index in [0.717, 1.165) is 11.1 Å². The van der Waals surface area contributed by atoms with Gasteiger partial charge in [-0.05, 0) is 105 Å². The number of piperidine rings is 1. The number of morpholine rings is 1. The quantitative estimate of drug-likeness (QED) is 0.0217. The Labute approximate surface area is 519 Å². The number of ether oxygens (including phenoxy) is 3. The van der Waals surface area contributed by atoms with Gasteiger partial charge in [-0.15, -0.1) is 10.2 Å². The molecule has 0 bridgehead atoms. The van der Waals surface area contributed by atoms with Gasteiger partial charge < -0.3 is 60.3 Å². The molecule has 5 aromatic rings. The molecule has 6 N–H and O–H groups in total. The van der Waals surface area contributed by atoms with Crippen molar-refractivity contribution >= 4 is 41.2 Å². The number of epoxide rings is 1. The van der Waals surface area contributed by atoms with E-state index in [1.807, 2.05) is 107 Å². The van der Waals surface area contributed by atoms with Gasteiger partial charge in [0.2, 0.25) is 29.5 Å². The van der Waals surface area contributed by atoms with E-state index in [9.17, 15) is 34.2 Å². The highest BCUT2D eigenvalue weighted by Gasteiger charge is 2.50. The van der Waals surface area contributed by atoms with Crippen molar-refractivity contribution in [3.63, 3.8) is 0 Å². The highest BCUT2D eigenvalue weighted by Crippen LogP contribution is 2.39. The maximum Gasteiger partial charge on any atom is 0.289 e. The van der Waals surface area contributed by atoms with Gasteiger partial charge in [-0.2, -0.15) is 0 Å². The van der Waals surface area contributed by atoms with Crippen molar-refractivity contribution in [2.75, 3.05) is 65.7 Å². The fourth-order valence-electron chi connectivity index (χ4n) is 11.8. The van der Waals surface area contributed by atoms with Crippen molar-refractivity contribution in [1.29, 1.82) is 0 Å². The molecular weight excluding hydrogens is 1140 g/mol. The third-order valence-corrected chi connectivity index (χ3v) is 16.7. The van der Waals surface area contributed by atoms with E-state index >= 15 is 4.79 Å². The zero-order valence-corrected chi connectivity index (χ0v) is 52.0. The standard InChI is InChI=1S/C66H85N11O12/c1-8-67-64(84)61-72-71-60(50-36-49(42(4)5)55(78)37-56(50)79)77(61)46-20-22-47(23-21-46)89-48-25-27-75(28-26-48)58(81)39-88-73-59(66(7)40-87-66)52(33-41(2)3)69-63(83)54(35-45-17-13-10-14-18-45)76-43(6)34-53(65(76)85)70-62(82)51(24-19-44-15-11-9-12-16-44)68-57(80)38-74-29-31-86-32-30-74/h9-18,20-23,36-37,41-43,48,51-54,78-79H,8,19,24-35,38-40H2,1-7H3,(H,67,84)(H,68,80)(H,69,83)(H,70,82)/b73-59-/t43?,51-,52-,53-,54-,66+/m0/s1. The van der Waals surface area contributed by atoms with Crippen LogP contribution < -0.4 is 26.0 Å². The molecule has 476 valence electrons. The number of hydrogen-bond acceptors (Lipinski definition) is 16. The molecule has 0 radical (unpaired) electrons. The van der Waals surface area contributed by atoms with Crippen LogP contribution in [0.3, 0.4) is 0 Å². The molecule has 0 aliphatic carbocycles. The molecule has 23 nitrogen and oxygen atoms in total. The molecule has 89 heavy (non-hydrogen) atoms. The topological polar surface area (TPSA) is 284 Å². The number of aromatic hydroxyl groups is 2. The van der Waals surface area contributed by atoms with Crippen LogP contribution in [0.25, 0.3) is 17.1 Å². The maximum atomic E-state index is 15.1. The number of rotatable bonds is 27. The summed E-state index contributed by atoms with van der Waals surface area (Å²) < 4.78 is 19.3. The number of aryl methyl sites for hydroxylation is 1. The molecule has 1 aromatic heterocycles. The lowest BCUT2D eigenvalue weighted by molar-refractivity contribution is -0.141. The first-order valence-corrected chi connectivity index (χ1v) is 31.1. The van der Waals surface area contributed by atoms with Crippen LogP contribution in [-0.4, -0.2) is 188 Å². The molecule has 4 aliphatic rings. The average molecular weight is 1220 g/mol. The summed E-state index contributed by atoms with van der Waals surface area (Å²) in [5.41, 5.74) is 2.76. The number of benzene rings is 4. The molecule has 5 heterocycles. The second-order valence-corrected chi connectivity index (χ2v) is 24.4. The van der Waals surface area contributed by atoms with E-state index in [-0.39, 0.29) is 78.9 Å². The van der Waals surface area contributed by atoms with Gasteiger partial charge in [-0.25, -0.2) is 0 Å². The summed E-state index contributed by atoms with van der Waals surface area (Å²) in [6, 6.07) is 25.0. The van der Waals surface area contributed by atoms with Crippen LogP contribution in [0.15, 0.2) is 102 Å². The molecule has 4 saturated heterocycles. The summed E-state index contributed by atoms with van der Waals surface area (Å²) in [6.45, 7) is 16.8. The predicted octanol–water partition coefficient (Wildman–Crippen LogP) is 5.45. The van der Waals surface area contributed by atoms with Crippen molar-refractivity contribution in [2.24, 2.45) is 11.1 Å². The molecule has 4 aromatic carbocycles. The van der Waals surface area contributed by atoms with Gasteiger partial charge >= 0.3 is 0 Å². The minimum absolute atomic E-state index is 0.00765. The molecular formula is C66H85N11O12. The Hall–Kier alpha value is -8.41. The number of phenols is 2. The Balaban J connectivity index is 0.836. The Morgan fingerprint density at radius 2 is 1.51 bits per heavy atom. The van der Waals surface area contributed by atoms with Crippen molar-refractivity contribution in [1.82, 2.24) is 50.7 Å². The average Bonchev–Trinajstić information content (AvgIpc) is 1.88. The van der Waals surface area contributed by atoms with Crippen LogP contribution in [0.1, 0.15) is 114 Å². The number of nitrogens with one attached hydrogen (secondary N) is 4. The van der Waals surface area contributed by atoms with E-state index in [2.05, 4.69) is 36.6 Å². The highest BCUT2D eigenvalue weighted by molar-refractivity contribution is 6.02. The van der Waals surface area contributed by atoms with Gasteiger partial charge in [0.1, 0.15) is 52.8 Å². The minimum atomic E-state index is -1.00. The fourth-order valence-corrected chi connectivity index (χ4v) is 11.8. The summed E-state index contributed by atoms with van der Waals surface area (Å²) in [6.07, 6.45) is 2.51. The van der Waals surface area contributed by atoms with Gasteiger partial charge in [-0.3, -0.25) is 38.2 Å². The van der Waals surface area contributed by atoms with Gasteiger partial charge in [-0.1, -0.05) is 93.5 Å². The SMILES string of the molecule is CCNC(=O)c1nnc(-c2cc(C(C)C)c(O)cc2O)n1-c1ccc(OC2CCN(C(=O)CO/N=C(/[C@H](CC(C)C)NC(=O)[C@H](Cc3ccccc3)N3C(=O)[C@@H](NC(=O)[C@H](CCc4ccccc4)NC(=O)CN4CCOCC4)CC3C)[C@@]3(C)CO3)CC2)cc1. The molecule has 1 unspecified atom stereocenters. The van der Waals surface area contributed by atoms with Gasteiger partial charge in [0.25, 0.3) is 11.8 Å². The summed E-state index contributed by atoms with van der Waals surface area (Å²) in [7, 11) is 0. The first-order chi connectivity index (χ1) is 42.8. The van der Waals surface area contributed by atoms with Crippen LogP contribution in [0.5, 0.6) is 17.2 Å². The van der Waals surface area contributed by atoms with Crippen LogP contribution in [0.2, 0.25) is 0 Å². The normalized spacial score (nSPS) is 20.0. The third kappa shape index (κ3) is 16.7. The zero-order valence-electron chi connectivity index (χ0n) is 52.0. The van der Waals surface area contributed by atoms with Crippen molar-refractivity contribution in [3.05, 3.63) is 120 Å². The number of carbonyl (C=O) groups excluding carboxylic acids is 6. The monoisotopic (exact) mass is 1220 g/mol. The van der Waals surface area contributed by atoms with Gasteiger partial charge in [0.15, 0.2) is 12.4 Å². The van der Waals surface area contributed by atoms with Crippen LogP contribution >= 0.6 is 0 Å². The number of phenolic OH excluding ortho intramolecular Hbond substituents is 2. The number of oxime groups is 1. The van der Waals surface area contributed by atoms with Gasteiger partial charge in [0, 0.05) is 69.8 Å². The number of nitrogens with zero attached hydrogens (tertiary/aromatic N) is 7. The summed E-state index contributed by atoms with van der Waals surface area (Å²) >= 11 is 0. The van der Waals surface area contributed by atoms with E-state index in [0.29, 0.717) is 113 Å². The van der Waals surface area contributed by atoms with Crippen LogP contribution in [0.4, 0.5) is 0 Å². The number of amides is 6. The molecule has 0 spiro atoms. The molecule has 0 saturated carbocycles. The maximum absolute atomic E-state index is 15.1. The molecule has 9 rings (SSSR count). The number of hydrogen-bond donors (Lipinski definition) is 6. The number of carbonyl (C=O) groups is 6. The van der Waals surface area contributed by atoms with E-state index in [1.54, 1.807) is 51.6 Å². The number of aromatic nitrogens is 3. The minimum Gasteiger partial charge on any atom is -0.508 e. The van der Waals surface area contributed by atoms with E-state index in [1.165, 1.54) is 6.07 Å². The zero-order chi connectivity index (χ0) is 63.4. The second kappa shape index (κ2) is 29.7. The third-order valence-electron chi connectivity index (χ3n) is 16.7. The largest absolute Gasteiger partial charge is 0.508 e. The molecule has 6 amide bonds. The molecule has 4 aliphatic heterocycles. The lowest BCUT2D eigenvalue weighted by Gasteiger charge is -2.33. The second-order valence-electron chi connectivity index (χ2n) is 24.4. The summed E-state index contributed by atoms with van der Waals surface area (Å²) in [5, 5.41) is 46.5. The predicted molar refractivity (Wildman–Crippen MR) is 332 cm³/mol. The Bertz CT molecular complexity index is 3290. The lowest BCUT2D eigenvalue weighted by atomic mass is 9.92. The van der Waals surface area contributed by atoms with Crippen LogP contribution in [-0.2, 0) is 51.1 Å². The molecule has 23 heteroatoms. The highest BCUT2D eigenvalue weighted by atomic mass is 16.6. The van der Waals surface area contributed by atoms with Crippen molar-refractivity contribution < 1.29 is 58.0 Å². The van der Waals surface area contributed by atoms with Crippen molar-refractivity contribution in [2.45, 2.75) is 141 Å². The lowest BCUT2D eigenvalue weighted by Crippen LogP contribution is -2.57. The Morgan fingerprint density at radius 1 is 0.831 bits per heavy atom. The Morgan fingerprint density at radius 3 is 2.15 bits per heavy atom. The summed E-state index contributed by atoms with van der Waals surface area (Å²) in [5.74, 6) is -1.88. The fraction of sp³-hybridized carbons (Fsp3) is 0.500. The first-order valence-electron chi connectivity index (χ1n) is 31.1. The first kappa shape index (κ1) is 65.0. The van der Waals surface area contributed by atoms with Gasteiger partial charge in [0.05, 0.1) is 38.0 Å².